The van der Waals surface area contributed by atoms with E-state index in [1.54, 1.807) is 25.7 Å². The zero-order chi connectivity index (χ0) is 9.52. The van der Waals surface area contributed by atoms with Crippen LogP contribution in [0.25, 0.3) is 0 Å². The summed E-state index contributed by atoms with van der Waals surface area (Å²) in [6, 6.07) is 0. The molecule has 0 saturated heterocycles. The normalized spacial score (nSPS) is 84.2. The van der Waals surface area contributed by atoms with Crippen molar-refractivity contribution in [1.82, 2.24) is 0 Å². The third kappa shape index (κ3) is 0.463. The third-order valence-electron chi connectivity index (χ3n) is 8.39. The average molecular weight is 200 g/mol. The Labute approximate surface area is 91.8 Å². The lowest BCUT2D eigenvalue weighted by atomic mass is 9.19. The molecule has 7 rings (SSSR count). The average Bonchev–Trinajstić information content (AvgIpc) is 2.80. The van der Waals surface area contributed by atoms with Crippen molar-refractivity contribution in [2.45, 2.75) is 32.6 Å². The molecule has 80 valence electrons. The molecule has 2 bridgehead atoms. The van der Waals surface area contributed by atoms with Crippen molar-refractivity contribution in [3.8, 4) is 0 Å². The monoisotopic (exact) mass is 200 g/mol. The van der Waals surface area contributed by atoms with Crippen LogP contribution in [0.2, 0.25) is 0 Å². The molecule has 0 aromatic heterocycles. The summed E-state index contributed by atoms with van der Waals surface area (Å²) in [4.78, 5) is 0. The highest BCUT2D eigenvalue weighted by Crippen LogP contribution is 2.92. The van der Waals surface area contributed by atoms with Gasteiger partial charge >= 0.3 is 0 Å². The largest absolute Gasteiger partial charge is 0.0617 e. The molecule has 0 aromatic rings. The van der Waals surface area contributed by atoms with Crippen LogP contribution in [0.15, 0.2) is 0 Å². The fourth-order valence-electron chi connectivity index (χ4n) is 7.85. The van der Waals surface area contributed by atoms with Crippen molar-refractivity contribution >= 4 is 0 Å². The Morgan fingerprint density at radius 3 is 2.47 bits per heavy atom. The van der Waals surface area contributed by atoms with Crippen molar-refractivity contribution in [2.24, 2.45) is 58.7 Å². The predicted octanol–water partition coefficient (Wildman–Crippen LogP) is 3.18. The second-order valence-electron chi connectivity index (χ2n) is 7.87. The Hall–Kier alpha value is 0. The number of rotatable bonds is 0. The van der Waals surface area contributed by atoms with Gasteiger partial charge in [-0.15, -0.1) is 0 Å². The van der Waals surface area contributed by atoms with Gasteiger partial charge in [-0.1, -0.05) is 6.92 Å². The molecule has 0 aromatic carbocycles. The van der Waals surface area contributed by atoms with Crippen LogP contribution in [0.3, 0.4) is 0 Å². The summed E-state index contributed by atoms with van der Waals surface area (Å²) in [5, 5.41) is 0. The molecule has 7 saturated carbocycles. The highest BCUT2D eigenvalue weighted by atomic mass is 14.9. The van der Waals surface area contributed by atoms with Crippen molar-refractivity contribution in [3.05, 3.63) is 0 Å². The maximum Gasteiger partial charge on any atom is -0.0198 e. The van der Waals surface area contributed by atoms with Crippen LogP contribution >= 0.6 is 0 Å². The topological polar surface area (TPSA) is 0 Å². The van der Waals surface area contributed by atoms with Gasteiger partial charge in [0.2, 0.25) is 0 Å². The van der Waals surface area contributed by atoms with Gasteiger partial charge in [0.15, 0.2) is 0 Å². The summed E-state index contributed by atoms with van der Waals surface area (Å²) in [6.07, 6.45) is 6.55. The molecule has 10 atom stereocenters. The lowest BCUT2D eigenvalue weighted by molar-refractivity contribution is -0.378. The van der Waals surface area contributed by atoms with E-state index in [0.717, 1.165) is 11.3 Å². The molecule has 0 amide bonds. The molecule has 6 unspecified atom stereocenters. The van der Waals surface area contributed by atoms with Gasteiger partial charge in [-0.3, -0.25) is 0 Å². The maximum atomic E-state index is 2.64. The molecule has 0 N–H and O–H groups in total. The van der Waals surface area contributed by atoms with E-state index in [0.29, 0.717) is 0 Å². The van der Waals surface area contributed by atoms with E-state index in [9.17, 15) is 0 Å². The Kier molecular flexibility index (Phi) is 0.847. The van der Waals surface area contributed by atoms with Crippen LogP contribution in [0.5, 0.6) is 0 Å². The number of hydrogen-bond acceptors (Lipinski definition) is 0. The minimum Gasteiger partial charge on any atom is -0.0617 e. The summed E-state index contributed by atoms with van der Waals surface area (Å²) in [7, 11) is 0. The Morgan fingerprint density at radius 1 is 0.867 bits per heavy atom. The zero-order valence-corrected chi connectivity index (χ0v) is 9.52. The van der Waals surface area contributed by atoms with Gasteiger partial charge < -0.3 is 0 Å². The summed E-state index contributed by atoms with van der Waals surface area (Å²) >= 11 is 0. The van der Waals surface area contributed by atoms with Gasteiger partial charge in [0.05, 0.1) is 0 Å². The summed E-state index contributed by atoms with van der Waals surface area (Å²) in [5.74, 6) is 11.1. The molecule has 7 aliphatic carbocycles. The molecule has 1 spiro atoms. The molecule has 0 aliphatic heterocycles. The SMILES string of the molecule is C[C@H]1[C@H]2CCC2C2CC13C2C1C2C[C@@H]2[C@@H]13. The van der Waals surface area contributed by atoms with Crippen LogP contribution in [0.1, 0.15) is 32.6 Å². The van der Waals surface area contributed by atoms with Gasteiger partial charge in [-0.25, -0.2) is 0 Å². The Morgan fingerprint density at radius 2 is 1.67 bits per heavy atom. The van der Waals surface area contributed by atoms with Crippen molar-refractivity contribution in [1.29, 1.82) is 0 Å². The molecule has 7 fully saturated rings. The highest BCUT2D eigenvalue weighted by Gasteiger charge is 2.87. The molecular weight excluding hydrogens is 180 g/mol. The molecule has 7 aliphatic rings. The lowest BCUT2D eigenvalue weighted by Crippen LogP contribution is -2.80. The summed E-state index contributed by atoms with van der Waals surface area (Å²) < 4.78 is 0. The van der Waals surface area contributed by atoms with Gasteiger partial charge in [0.25, 0.3) is 0 Å². The van der Waals surface area contributed by atoms with Gasteiger partial charge in [0.1, 0.15) is 0 Å². The van der Waals surface area contributed by atoms with Crippen LogP contribution in [0.4, 0.5) is 0 Å². The van der Waals surface area contributed by atoms with E-state index < -0.39 is 0 Å². The second kappa shape index (κ2) is 1.73. The van der Waals surface area contributed by atoms with Gasteiger partial charge in [-0.2, -0.15) is 0 Å². The molecular formula is C15H20. The zero-order valence-electron chi connectivity index (χ0n) is 9.52. The van der Waals surface area contributed by atoms with E-state index >= 15 is 0 Å². The lowest BCUT2D eigenvalue weighted by Gasteiger charge is -2.85. The fourth-order valence-corrected chi connectivity index (χ4v) is 7.85. The molecule has 0 radical (unpaired) electrons. The van der Waals surface area contributed by atoms with Crippen LogP contribution in [0, 0.1) is 58.7 Å². The number of hydrogen-bond donors (Lipinski definition) is 0. The summed E-state index contributed by atoms with van der Waals surface area (Å²) in [5.41, 5.74) is 0.953. The number of fused-ring (bicyclic) bond motifs is 4. The summed E-state index contributed by atoms with van der Waals surface area (Å²) in [6.45, 7) is 2.64. The Bertz CT molecular complexity index is 381. The molecule has 0 heteroatoms. The third-order valence-corrected chi connectivity index (χ3v) is 8.39. The van der Waals surface area contributed by atoms with Crippen LogP contribution < -0.4 is 0 Å². The van der Waals surface area contributed by atoms with E-state index in [1.807, 2.05) is 0 Å². The second-order valence-corrected chi connectivity index (χ2v) is 7.87. The van der Waals surface area contributed by atoms with Gasteiger partial charge in [-0.05, 0) is 84.4 Å². The van der Waals surface area contributed by atoms with Crippen molar-refractivity contribution in [3.63, 3.8) is 0 Å². The first-order chi connectivity index (χ1) is 7.34. The molecule has 0 heterocycles. The van der Waals surface area contributed by atoms with Crippen molar-refractivity contribution in [2.75, 3.05) is 0 Å². The van der Waals surface area contributed by atoms with E-state index in [2.05, 4.69) is 6.92 Å². The standard InChI is InChI=1S/C15H20/c1-6-7-2-3-8(7)11-5-15(6)13-10-4-9(10)12(13)14(11)15/h6-14H,2-5H2,1H3/t6-,7+,8?,9?,10-,11?,12?,13-,14?,15?/m0/s1. The predicted molar refractivity (Wildman–Crippen MR) is 58.0 cm³/mol. The minimum absolute atomic E-state index is 0.953. The van der Waals surface area contributed by atoms with Gasteiger partial charge in [0, 0.05) is 0 Å². The first-order valence-electron chi connectivity index (χ1n) is 7.34. The highest BCUT2D eigenvalue weighted by molar-refractivity contribution is 5.35. The quantitative estimate of drug-likeness (QED) is 0.563. The van der Waals surface area contributed by atoms with E-state index in [4.69, 9.17) is 0 Å². The maximum absolute atomic E-state index is 2.64. The fraction of sp³-hybridized carbons (Fsp3) is 1.00. The minimum atomic E-state index is 0.953. The Balaban J connectivity index is 1.51. The first kappa shape index (κ1) is 7.35. The smallest absolute Gasteiger partial charge is 0.0198 e. The van der Waals surface area contributed by atoms with Crippen LogP contribution in [-0.2, 0) is 0 Å². The molecule has 15 heavy (non-hydrogen) atoms. The van der Waals surface area contributed by atoms with E-state index in [-0.39, 0.29) is 0 Å². The molecule has 0 nitrogen and oxygen atoms in total. The first-order valence-corrected chi connectivity index (χ1v) is 7.34. The van der Waals surface area contributed by atoms with E-state index in [1.165, 1.54) is 47.3 Å². The van der Waals surface area contributed by atoms with Crippen molar-refractivity contribution < 1.29 is 0 Å². The van der Waals surface area contributed by atoms with Crippen LogP contribution in [-0.4, -0.2) is 0 Å².